The van der Waals surface area contributed by atoms with Gasteiger partial charge in [-0.2, -0.15) is 11.8 Å². The summed E-state index contributed by atoms with van der Waals surface area (Å²) in [4.78, 5) is 106. The van der Waals surface area contributed by atoms with Gasteiger partial charge in [-0.15, -0.1) is 0 Å². The molecule has 2 aromatic rings. The number of aliphatic carboxylic acids is 1. The van der Waals surface area contributed by atoms with Crippen LogP contribution < -0.4 is 43.8 Å². The van der Waals surface area contributed by atoms with E-state index >= 15 is 0 Å². The fourth-order valence-electron chi connectivity index (χ4n) is 6.61. The largest absolute Gasteiger partial charge is 0.480 e. The molecule has 6 amide bonds. The van der Waals surface area contributed by atoms with E-state index in [9.17, 15) is 33.6 Å². The first kappa shape index (κ1) is 48.7. The molecule has 1 fully saturated rings. The number of aromatic amines is 1. The molecule has 2 heterocycles. The minimum Gasteiger partial charge on any atom is -0.480 e. The van der Waals surface area contributed by atoms with Crippen molar-refractivity contribution in [3.05, 3.63) is 54.1 Å². The van der Waals surface area contributed by atoms with Crippen molar-refractivity contribution >= 4 is 59.1 Å². The zero-order valence-electron chi connectivity index (χ0n) is 34.4. The summed E-state index contributed by atoms with van der Waals surface area (Å²) in [5.74, 6) is -4.52. The van der Waals surface area contributed by atoms with Gasteiger partial charge in [0.15, 0.2) is 5.96 Å². The van der Waals surface area contributed by atoms with E-state index in [0.717, 1.165) is 0 Å². The molecule has 1 aromatic heterocycles. The highest BCUT2D eigenvalue weighted by Gasteiger charge is 2.40. The third kappa shape index (κ3) is 16.5. The molecular formula is C39H60N12O8S. The average Bonchev–Trinajstić information content (AvgIpc) is 3.92. The summed E-state index contributed by atoms with van der Waals surface area (Å²) in [5, 5.41) is 22.4. The molecule has 1 aromatic carbocycles. The molecule has 0 spiro atoms. The number of benzene rings is 1. The van der Waals surface area contributed by atoms with Crippen LogP contribution in [0.3, 0.4) is 0 Å². The van der Waals surface area contributed by atoms with Gasteiger partial charge in [0.25, 0.3) is 0 Å². The Bertz CT molecular complexity index is 1760. The number of imidazole rings is 1. The Morgan fingerprint density at radius 2 is 1.58 bits per heavy atom. The lowest BCUT2D eigenvalue weighted by atomic mass is 10.0. The summed E-state index contributed by atoms with van der Waals surface area (Å²) in [6, 6.07) is 2.44. The van der Waals surface area contributed by atoms with Crippen molar-refractivity contribution in [1.82, 2.24) is 41.5 Å². The van der Waals surface area contributed by atoms with Crippen LogP contribution >= 0.6 is 11.8 Å². The van der Waals surface area contributed by atoms with Crippen LogP contribution in [-0.2, 0) is 46.4 Å². The minimum atomic E-state index is -1.29. The SMILES string of the molecule is CSCC[C@H](N)C(=O)N[C@@H](CC(C)C)C(=O)N1CCC[C@H]1C(=O)N[C@@H](Cc1ccccc1)C(=O)N[C@@H](CCCN=C(N)N)C(=O)N[C@@H](Cc1cnc[nH]1)C(=O)NCC(=O)O. The number of carbonyl (C=O) groups is 7. The maximum absolute atomic E-state index is 14.2. The molecule has 0 unspecified atom stereocenters. The van der Waals surface area contributed by atoms with Crippen molar-refractivity contribution in [2.24, 2.45) is 28.1 Å². The molecule has 1 saturated heterocycles. The number of H-pyrrole nitrogens is 1. The summed E-state index contributed by atoms with van der Waals surface area (Å²) >= 11 is 1.55. The van der Waals surface area contributed by atoms with E-state index in [0.29, 0.717) is 42.7 Å². The van der Waals surface area contributed by atoms with E-state index < -0.39 is 84.2 Å². The van der Waals surface area contributed by atoms with Crippen LogP contribution in [-0.4, -0.2) is 135 Å². The topological polar surface area (TPSA) is 322 Å². The highest BCUT2D eigenvalue weighted by atomic mass is 32.2. The number of nitrogens with two attached hydrogens (primary N) is 3. The van der Waals surface area contributed by atoms with Gasteiger partial charge < -0.3 is 58.8 Å². The van der Waals surface area contributed by atoms with Gasteiger partial charge in [-0.1, -0.05) is 44.2 Å². The number of carboxylic acids is 1. The first-order valence-electron chi connectivity index (χ1n) is 19.9. The molecule has 3 rings (SSSR count). The Kier molecular flexibility index (Phi) is 20.3. The number of nitrogens with one attached hydrogen (secondary N) is 6. The monoisotopic (exact) mass is 856 g/mol. The summed E-state index contributed by atoms with van der Waals surface area (Å²) < 4.78 is 0. The van der Waals surface area contributed by atoms with Gasteiger partial charge in [0.05, 0.1) is 12.4 Å². The Morgan fingerprint density at radius 3 is 2.22 bits per heavy atom. The van der Waals surface area contributed by atoms with Gasteiger partial charge >= 0.3 is 5.97 Å². The molecule has 0 radical (unpaired) electrons. The van der Waals surface area contributed by atoms with Crippen LogP contribution in [0.5, 0.6) is 0 Å². The Morgan fingerprint density at radius 1 is 0.917 bits per heavy atom. The zero-order valence-corrected chi connectivity index (χ0v) is 35.2. The van der Waals surface area contributed by atoms with Crippen LogP contribution in [0.15, 0.2) is 47.8 Å². The van der Waals surface area contributed by atoms with Crippen molar-refractivity contribution < 1.29 is 38.7 Å². The number of aliphatic imine (C=N–C) groups is 1. The molecule has 6 atom stereocenters. The number of hydrogen-bond acceptors (Lipinski definition) is 11. The van der Waals surface area contributed by atoms with Crippen LogP contribution in [0.25, 0.3) is 0 Å². The normalized spacial score (nSPS) is 16.1. The molecule has 0 aliphatic carbocycles. The summed E-state index contributed by atoms with van der Waals surface area (Å²) in [6.07, 6.45) is 6.45. The van der Waals surface area contributed by atoms with Crippen LogP contribution in [0, 0.1) is 5.92 Å². The van der Waals surface area contributed by atoms with Crippen molar-refractivity contribution in [1.29, 1.82) is 0 Å². The number of amides is 6. The van der Waals surface area contributed by atoms with Crippen molar-refractivity contribution in [3.8, 4) is 0 Å². The summed E-state index contributed by atoms with van der Waals surface area (Å²) in [6.45, 7) is 3.51. The van der Waals surface area contributed by atoms with E-state index in [4.69, 9.17) is 22.3 Å². The number of likely N-dealkylation sites (tertiary alicyclic amines) is 1. The second-order valence-electron chi connectivity index (χ2n) is 15.0. The fraction of sp³-hybridized carbons (Fsp3) is 0.564. The number of hydrogen-bond donors (Lipinski definition) is 10. The second kappa shape index (κ2) is 25.0. The van der Waals surface area contributed by atoms with E-state index in [1.54, 1.807) is 42.1 Å². The van der Waals surface area contributed by atoms with Gasteiger partial charge in [-0.3, -0.25) is 38.6 Å². The Hall–Kier alpha value is -5.70. The van der Waals surface area contributed by atoms with Crippen molar-refractivity contribution in [2.45, 2.75) is 101 Å². The lowest BCUT2D eigenvalue weighted by Gasteiger charge is -2.31. The van der Waals surface area contributed by atoms with Gasteiger partial charge in [0, 0.05) is 37.8 Å². The van der Waals surface area contributed by atoms with Gasteiger partial charge in [-0.05, 0) is 62.0 Å². The molecule has 0 saturated carbocycles. The Labute approximate surface area is 353 Å². The molecule has 21 heteroatoms. The maximum Gasteiger partial charge on any atom is 0.322 e. The highest BCUT2D eigenvalue weighted by molar-refractivity contribution is 7.98. The molecule has 1 aliphatic heterocycles. The number of rotatable bonds is 25. The number of guanidine groups is 1. The number of aromatic nitrogens is 2. The Balaban J connectivity index is 1.87. The molecule has 13 N–H and O–H groups in total. The fourth-order valence-corrected chi connectivity index (χ4v) is 7.10. The standard InChI is InChI=1S/C39H60N12O8S/c1-23(2)17-30(50-33(54)26(40)13-16-60-3)38(59)51-15-8-12-31(51)37(58)49-28(18-24-9-5-4-6-10-24)36(57)47-27(11-7-14-44-39(41)42)35(56)48-29(19-25-20-43-22-46-25)34(55)45-21-32(52)53/h4-6,9-10,20,22-23,26-31H,7-8,11-19,21,40H2,1-3H3,(H,43,46)(H,45,55)(H,47,57)(H,48,56)(H,49,58)(H,50,54)(H,52,53)(H4,41,42,44)/t26-,27-,28-,29-,30-,31-/m0/s1. The molecule has 330 valence electrons. The third-order valence-corrected chi connectivity index (χ3v) is 10.3. The summed E-state index contributed by atoms with van der Waals surface area (Å²) in [7, 11) is 0. The molecular weight excluding hydrogens is 797 g/mol. The van der Waals surface area contributed by atoms with E-state index in [2.05, 4.69) is 41.5 Å². The van der Waals surface area contributed by atoms with Gasteiger partial charge in [-0.25, -0.2) is 4.98 Å². The molecule has 60 heavy (non-hydrogen) atoms. The molecule has 0 bridgehead atoms. The van der Waals surface area contributed by atoms with E-state index in [1.807, 2.05) is 20.1 Å². The predicted octanol–water partition coefficient (Wildman–Crippen LogP) is -1.49. The first-order valence-corrected chi connectivity index (χ1v) is 21.3. The predicted molar refractivity (Wildman–Crippen MR) is 226 cm³/mol. The molecule has 20 nitrogen and oxygen atoms in total. The lowest BCUT2D eigenvalue weighted by Crippen LogP contribution is -2.60. The zero-order chi connectivity index (χ0) is 44.2. The van der Waals surface area contributed by atoms with Crippen molar-refractivity contribution in [3.63, 3.8) is 0 Å². The van der Waals surface area contributed by atoms with Crippen LogP contribution in [0.2, 0.25) is 0 Å². The number of carboxylic acid groups (broad SMARTS) is 1. The smallest absolute Gasteiger partial charge is 0.322 e. The number of thioether (sulfide) groups is 1. The average molecular weight is 857 g/mol. The second-order valence-corrected chi connectivity index (χ2v) is 16.0. The lowest BCUT2D eigenvalue weighted by molar-refractivity contribution is -0.142. The first-order chi connectivity index (χ1) is 28.6. The van der Waals surface area contributed by atoms with E-state index in [-0.39, 0.29) is 50.7 Å². The van der Waals surface area contributed by atoms with Crippen LogP contribution in [0.1, 0.15) is 63.6 Å². The van der Waals surface area contributed by atoms with Crippen molar-refractivity contribution in [2.75, 3.05) is 31.6 Å². The molecule has 1 aliphatic rings. The van der Waals surface area contributed by atoms with Gasteiger partial charge in [0.2, 0.25) is 35.4 Å². The quantitative estimate of drug-likeness (QED) is 0.0310. The number of carbonyl (C=O) groups excluding carboxylic acids is 6. The highest BCUT2D eigenvalue weighted by Crippen LogP contribution is 2.21. The van der Waals surface area contributed by atoms with Gasteiger partial charge in [0.1, 0.15) is 36.8 Å². The summed E-state index contributed by atoms with van der Waals surface area (Å²) in [5.41, 5.74) is 18.2. The minimum absolute atomic E-state index is 0.00266. The number of nitrogens with zero attached hydrogens (tertiary/aromatic N) is 3. The van der Waals surface area contributed by atoms with Crippen LogP contribution in [0.4, 0.5) is 0 Å². The third-order valence-electron chi connectivity index (χ3n) is 9.65. The maximum atomic E-state index is 14.2. The van der Waals surface area contributed by atoms with E-state index in [1.165, 1.54) is 17.4 Å².